The van der Waals surface area contributed by atoms with Gasteiger partial charge in [0.1, 0.15) is 5.84 Å². The molecule has 0 saturated heterocycles. The molecule has 0 aliphatic carbocycles. The topological polar surface area (TPSA) is 15.6 Å². The summed E-state index contributed by atoms with van der Waals surface area (Å²) in [5.74, 6) is 1.84. The molecule has 0 amide bonds. The van der Waals surface area contributed by atoms with E-state index in [9.17, 15) is 0 Å². The number of nitrogens with zero attached hydrogens (tertiary/aromatic N) is 2. The van der Waals surface area contributed by atoms with E-state index in [1.165, 1.54) is 5.84 Å². The molecule has 0 fully saturated rings. The van der Waals surface area contributed by atoms with Gasteiger partial charge >= 0.3 is 0 Å². The maximum atomic E-state index is 4.44. The molecular formula is C8H16N2. The second-order valence-corrected chi connectivity index (χ2v) is 3.31. The first-order valence-corrected chi connectivity index (χ1v) is 3.90. The van der Waals surface area contributed by atoms with Crippen molar-refractivity contribution in [1.82, 2.24) is 4.90 Å². The van der Waals surface area contributed by atoms with E-state index < -0.39 is 0 Å². The Hall–Kier alpha value is -0.530. The molecule has 1 aliphatic rings. The van der Waals surface area contributed by atoms with Crippen molar-refractivity contribution in [3.8, 4) is 0 Å². The second-order valence-electron chi connectivity index (χ2n) is 3.31. The van der Waals surface area contributed by atoms with E-state index >= 15 is 0 Å². The standard InChI is InChI=1S/C8H16N2/c1-6(2)8-9-5-7(3)10(8)4/h6-7H,5H2,1-4H3. The van der Waals surface area contributed by atoms with Crippen LogP contribution in [0.15, 0.2) is 4.99 Å². The summed E-state index contributed by atoms with van der Waals surface area (Å²) in [6.45, 7) is 7.56. The second kappa shape index (κ2) is 2.60. The van der Waals surface area contributed by atoms with Crippen molar-refractivity contribution in [2.75, 3.05) is 13.6 Å². The number of hydrogen-bond donors (Lipinski definition) is 0. The summed E-state index contributed by atoms with van der Waals surface area (Å²) in [7, 11) is 2.12. The lowest BCUT2D eigenvalue weighted by Gasteiger charge is -2.21. The molecular weight excluding hydrogens is 124 g/mol. The summed E-state index contributed by atoms with van der Waals surface area (Å²) in [5, 5.41) is 0. The zero-order valence-corrected chi connectivity index (χ0v) is 7.26. The quantitative estimate of drug-likeness (QED) is 0.537. The number of aliphatic imine (C=N–C) groups is 1. The fourth-order valence-corrected chi connectivity index (χ4v) is 1.28. The van der Waals surface area contributed by atoms with Crippen LogP contribution in [0.25, 0.3) is 0 Å². The van der Waals surface area contributed by atoms with Crippen LogP contribution in [0.4, 0.5) is 0 Å². The highest BCUT2D eigenvalue weighted by Crippen LogP contribution is 2.12. The molecule has 0 bridgehead atoms. The summed E-state index contributed by atoms with van der Waals surface area (Å²) >= 11 is 0. The smallest absolute Gasteiger partial charge is 0.102 e. The predicted octanol–water partition coefficient (Wildman–Crippen LogP) is 1.37. The molecule has 0 spiro atoms. The Kier molecular flexibility index (Phi) is 1.97. The van der Waals surface area contributed by atoms with Crippen LogP contribution in [0, 0.1) is 5.92 Å². The van der Waals surface area contributed by atoms with Crippen LogP contribution in [0.2, 0.25) is 0 Å². The van der Waals surface area contributed by atoms with Gasteiger partial charge in [-0.1, -0.05) is 13.8 Å². The van der Waals surface area contributed by atoms with Crippen molar-refractivity contribution in [3.05, 3.63) is 0 Å². The Bertz CT molecular complexity index is 149. The Morgan fingerprint density at radius 3 is 2.40 bits per heavy atom. The molecule has 2 heteroatoms. The van der Waals surface area contributed by atoms with Crippen molar-refractivity contribution < 1.29 is 0 Å². The molecule has 58 valence electrons. The van der Waals surface area contributed by atoms with Gasteiger partial charge in [0.05, 0.1) is 6.54 Å². The fraction of sp³-hybridized carbons (Fsp3) is 0.875. The van der Waals surface area contributed by atoms with Crippen molar-refractivity contribution in [2.45, 2.75) is 26.8 Å². The van der Waals surface area contributed by atoms with Gasteiger partial charge in [-0.25, -0.2) is 0 Å². The van der Waals surface area contributed by atoms with Gasteiger partial charge in [0.25, 0.3) is 0 Å². The lowest BCUT2D eigenvalue weighted by atomic mass is 10.2. The van der Waals surface area contributed by atoms with Gasteiger partial charge in [-0.15, -0.1) is 0 Å². The minimum atomic E-state index is 0.579. The molecule has 1 rings (SSSR count). The van der Waals surface area contributed by atoms with Crippen LogP contribution in [-0.4, -0.2) is 30.4 Å². The van der Waals surface area contributed by atoms with Crippen LogP contribution in [0.5, 0.6) is 0 Å². The Balaban J connectivity index is 2.62. The molecule has 0 saturated carbocycles. The molecule has 0 radical (unpaired) electrons. The van der Waals surface area contributed by atoms with E-state index in [2.05, 4.69) is 37.7 Å². The zero-order valence-electron chi connectivity index (χ0n) is 7.26. The predicted molar refractivity (Wildman–Crippen MR) is 44.4 cm³/mol. The largest absolute Gasteiger partial charge is 0.359 e. The fourth-order valence-electron chi connectivity index (χ4n) is 1.28. The van der Waals surface area contributed by atoms with E-state index in [1.807, 2.05) is 0 Å². The highest BCUT2D eigenvalue weighted by atomic mass is 15.2. The third-order valence-corrected chi connectivity index (χ3v) is 2.06. The van der Waals surface area contributed by atoms with Crippen LogP contribution >= 0.6 is 0 Å². The molecule has 10 heavy (non-hydrogen) atoms. The van der Waals surface area contributed by atoms with Crippen molar-refractivity contribution in [1.29, 1.82) is 0 Å². The SMILES string of the molecule is CC(C)C1=NCC(C)N1C. The van der Waals surface area contributed by atoms with Gasteiger partial charge in [-0.2, -0.15) is 0 Å². The van der Waals surface area contributed by atoms with E-state index in [0.29, 0.717) is 12.0 Å². The van der Waals surface area contributed by atoms with Gasteiger partial charge in [0, 0.05) is 19.0 Å². The maximum Gasteiger partial charge on any atom is 0.102 e. The zero-order chi connectivity index (χ0) is 7.72. The van der Waals surface area contributed by atoms with Gasteiger partial charge < -0.3 is 4.90 Å². The van der Waals surface area contributed by atoms with Crippen LogP contribution in [0.3, 0.4) is 0 Å². The van der Waals surface area contributed by atoms with Gasteiger partial charge in [-0.3, -0.25) is 4.99 Å². The first kappa shape index (κ1) is 7.58. The number of likely N-dealkylation sites (N-methyl/N-ethyl adjacent to an activating group) is 1. The molecule has 1 aliphatic heterocycles. The number of rotatable bonds is 1. The van der Waals surface area contributed by atoms with E-state index in [4.69, 9.17) is 0 Å². The van der Waals surface area contributed by atoms with Gasteiger partial charge in [0.15, 0.2) is 0 Å². The third kappa shape index (κ3) is 1.15. The molecule has 0 aromatic rings. The van der Waals surface area contributed by atoms with E-state index in [0.717, 1.165) is 6.54 Å². The summed E-state index contributed by atoms with van der Waals surface area (Å²) < 4.78 is 0. The molecule has 2 nitrogen and oxygen atoms in total. The number of hydrogen-bond acceptors (Lipinski definition) is 2. The summed E-state index contributed by atoms with van der Waals surface area (Å²) in [4.78, 5) is 6.71. The Morgan fingerprint density at radius 2 is 2.20 bits per heavy atom. The average molecular weight is 140 g/mol. The van der Waals surface area contributed by atoms with E-state index in [1.54, 1.807) is 0 Å². The highest BCUT2D eigenvalue weighted by Gasteiger charge is 2.21. The monoisotopic (exact) mass is 140 g/mol. The van der Waals surface area contributed by atoms with E-state index in [-0.39, 0.29) is 0 Å². The van der Waals surface area contributed by atoms with Crippen molar-refractivity contribution >= 4 is 5.84 Å². The molecule has 0 aromatic carbocycles. The van der Waals surface area contributed by atoms with Crippen molar-refractivity contribution in [3.63, 3.8) is 0 Å². The van der Waals surface area contributed by atoms with Crippen LogP contribution < -0.4 is 0 Å². The third-order valence-electron chi connectivity index (χ3n) is 2.06. The summed E-state index contributed by atoms with van der Waals surface area (Å²) in [6.07, 6.45) is 0. The summed E-state index contributed by atoms with van der Waals surface area (Å²) in [6, 6.07) is 0.609. The van der Waals surface area contributed by atoms with Crippen LogP contribution in [-0.2, 0) is 0 Å². The molecule has 1 heterocycles. The lowest BCUT2D eigenvalue weighted by molar-refractivity contribution is 0.418. The Morgan fingerprint density at radius 1 is 1.60 bits per heavy atom. The number of amidine groups is 1. The van der Waals surface area contributed by atoms with Crippen LogP contribution in [0.1, 0.15) is 20.8 Å². The van der Waals surface area contributed by atoms with Gasteiger partial charge in [-0.05, 0) is 6.92 Å². The molecule has 0 N–H and O–H groups in total. The minimum absolute atomic E-state index is 0.579. The Labute approximate surface area is 62.9 Å². The maximum absolute atomic E-state index is 4.44. The lowest BCUT2D eigenvalue weighted by Crippen LogP contribution is -2.32. The average Bonchev–Trinajstić information content (AvgIpc) is 2.14. The summed E-state index contributed by atoms with van der Waals surface area (Å²) in [5.41, 5.74) is 0. The normalized spacial score (nSPS) is 25.9. The van der Waals surface area contributed by atoms with Gasteiger partial charge in [0.2, 0.25) is 0 Å². The first-order valence-electron chi connectivity index (χ1n) is 3.90. The first-order chi connectivity index (χ1) is 4.63. The minimum Gasteiger partial charge on any atom is -0.359 e. The molecule has 0 aromatic heterocycles. The molecule has 1 atom stereocenters. The molecule has 1 unspecified atom stereocenters. The highest BCUT2D eigenvalue weighted by molar-refractivity contribution is 5.85. The van der Waals surface area contributed by atoms with Crippen molar-refractivity contribution in [2.24, 2.45) is 10.9 Å².